The highest BCUT2D eigenvalue weighted by molar-refractivity contribution is 8.18. The van der Waals surface area contributed by atoms with Gasteiger partial charge < -0.3 is 14.9 Å². The average molecular weight is 309 g/mol. The van der Waals surface area contributed by atoms with E-state index in [-0.39, 0.29) is 16.4 Å². The summed E-state index contributed by atoms with van der Waals surface area (Å²) in [5.41, 5.74) is 0.495. The van der Waals surface area contributed by atoms with E-state index in [1.807, 2.05) is 0 Å². The monoisotopic (exact) mass is 309 g/mol. The molecular formula is C13H11NO6S. The van der Waals surface area contributed by atoms with Crippen LogP contribution in [0.5, 0.6) is 11.5 Å². The van der Waals surface area contributed by atoms with Gasteiger partial charge in [-0.3, -0.25) is 19.3 Å². The zero-order chi connectivity index (χ0) is 15.6. The lowest BCUT2D eigenvalue weighted by Crippen LogP contribution is -2.33. The molecule has 0 aromatic heterocycles. The number of imide groups is 1. The van der Waals surface area contributed by atoms with Crippen LogP contribution in [-0.2, 0) is 9.59 Å². The number of thioether (sulfide) groups is 1. The van der Waals surface area contributed by atoms with Crippen molar-refractivity contribution in [3.8, 4) is 11.5 Å². The highest BCUT2D eigenvalue weighted by atomic mass is 32.2. The number of ether oxygens (including phenoxy) is 1. The van der Waals surface area contributed by atoms with Gasteiger partial charge in [-0.1, -0.05) is 6.07 Å². The molecule has 0 aliphatic carbocycles. The van der Waals surface area contributed by atoms with Crippen molar-refractivity contribution in [1.29, 1.82) is 0 Å². The van der Waals surface area contributed by atoms with Gasteiger partial charge in [0.2, 0.25) is 0 Å². The van der Waals surface area contributed by atoms with Gasteiger partial charge in [0.15, 0.2) is 11.5 Å². The number of hydrogen-bond acceptors (Lipinski definition) is 6. The Bertz CT molecular complexity index is 654. The van der Waals surface area contributed by atoms with Crippen LogP contribution in [0, 0.1) is 0 Å². The number of phenolic OH excluding ortho intramolecular Hbond substituents is 1. The molecule has 0 bridgehead atoms. The molecule has 0 saturated carbocycles. The van der Waals surface area contributed by atoms with Crippen LogP contribution in [0.25, 0.3) is 6.08 Å². The lowest BCUT2D eigenvalue weighted by Gasteiger charge is -2.07. The number of aromatic hydroxyl groups is 1. The van der Waals surface area contributed by atoms with E-state index in [0.29, 0.717) is 22.2 Å². The Morgan fingerprint density at radius 2 is 2.14 bits per heavy atom. The number of carboxylic acids is 1. The van der Waals surface area contributed by atoms with Gasteiger partial charge >= 0.3 is 5.97 Å². The molecule has 2 rings (SSSR count). The molecule has 21 heavy (non-hydrogen) atoms. The third-order valence-corrected chi connectivity index (χ3v) is 3.58. The molecule has 7 nitrogen and oxygen atoms in total. The molecule has 1 aliphatic rings. The normalized spacial score (nSPS) is 16.6. The summed E-state index contributed by atoms with van der Waals surface area (Å²) in [5.74, 6) is -1.74. The number of carbonyl (C=O) groups is 3. The van der Waals surface area contributed by atoms with Gasteiger partial charge in [0.1, 0.15) is 6.54 Å². The van der Waals surface area contributed by atoms with E-state index in [2.05, 4.69) is 0 Å². The third kappa shape index (κ3) is 3.16. The number of rotatable bonds is 4. The van der Waals surface area contributed by atoms with Crippen molar-refractivity contribution in [2.24, 2.45) is 0 Å². The van der Waals surface area contributed by atoms with Crippen LogP contribution in [0.15, 0.2) is 23.1 Å². The summed E-state index contributed by atoms with van der Waals surface area (Å²) in [6.45, 7) is -0.671. The first-order valence-corrected chi connectivity index (χ1v) is 6.58. The van der Waals surface area contributed by atoms with E-state index in [9.17, 15) is 19.5 Å². The number of carboxylic acid groups (broad SMARTS) is 1. The molecule has 2 amide bonds. The zero-order valence-electron chi connectivity index (χ0n) is 10.9. The zero-order valence-corrected chi connectivity index (χ0v) is 11.7. The number of aliphatic carboxylic acids is 1. The van der Waals surface area contributed by atoms with E-state index in [0.717, 1.165) is 0 Å². The average Bonchev–Trinajstić information content (AvgIpc) is 2.66. The maximum Gasteiger partial charge on any atom is 0.323 e. The highest BCUT2D eigenvalue weighted by Crippen LogP contribution is 2.33. The van der Waals surface area contributed by atoms with E-state index in [1.165, 1.54) is 25.3 Å². The third-order valence-electron chi connectivity index (χ3n) is 2.67. The molecule has 1 aromatic rings. The first-order valence-electron chi connectivity index (χ1n) is 5.76. The maximum absolute atomic E-state index is 11.9. The molecule has 1 aromatic carbocycles. The molecule has 1 heterocycles. The molecule has 110 valence electrons. The summed E-state index contributed by atoms with van der Waals surface area (Å²) in [6.07, 6.45) is 1.41. The van der Waals surface area contributed by atoms with Crippen LogP contribution in [0.3, 0.4) is 0 Å². The van der Waals surface area contributed by atoms with E-state index in [1.54, 1.807) is 6.07 Å². The Labute approximate surface area is 123 Å². The van der Waals surface area contributed by atoms with Gasteiger partial charge in [0.25, 0.3) is 11.1 Å². The highest BCUT2D eigenvalue weighted by Gasteiger charge is 2.36. The van der Waals surface area contributed by atoms with Gasteiger partial charge in [0.05, 0.1) is 12.0 Å². The number of benzene rings is 1. The van der Waals surface area contributed by atoms with Crippen molar-refractivity contribution < 1.29 is 29.3 Å². The second-order valence-corrected chi connectivity index (χ2v) is 5.09. The number of phenols is 1. The van der Waals surface area contributed by atoms with Crippen molar-refractivity contribution in [1.82, 2.24) is 4.90 Å². The van der Waals surface area contributed by atoms with E-state index >= 15 is 0 Å². The molecule has 0 radical (unpaired) electrons. The quantitative estimate of drug-likeness (QED) is 0.812. The Morgan fingerprint density at radius 1 is 1.43 bits per heavy atom. The molecule has 8 heteroatoms. The molecule has 1 aliphatic heterocycles. The van der Waals surface area contributed by atoms with E-state index in [4.69, 9.17) is 9.84 Å². The largest absolute Gasteiger partial charge is 0.504 e. The minimum absolute atomic E-state index is 0.101. The summed E-state index contributed by atoms with van der Waals surface area (Å²) in [6, 6.07) is 4.50. The predicted molar refractivity (Wildman–Crippen MR) is 75.0 cm³/mol. The summed E-state index contributed by atoms with van der Waals surface area (Å²) in [4.78, 5) is 34.9. The smallest absolute Gasteiger partial charge is 0.323 e. The van der Waals surface area contributed by atoms with E-state index < -0.39 is 23.7 Å². The SMILES string of the molecule is COc1ccc(/C=C2\SC(=O)N(CC(=O)O)C2=O)cc1O. The second-order valence-electron chi connectivity index (χ2n) is 4.09. The minimum atomic E-state index is -1.26. The molecule has 1 fully saturated rings. The Hall–Kier alpha value is -2.48. The number of methoxy groups -OCH3 is 1. The molecule has 0 atom stereocenters. The fourth-order valence-electron chi connectivity index (χ4n) is 1.72. The molecule has 0 spiro atoms. The fourth-order valence-corrected chi connectivity index (χ4v) is 2.56. The van der Waals surface area contributed by atoms with Gasteiger partial charge in [-0.05, 0) is 35.5 Å². The molecular weight excluding hydrogens is 298 g/mol. The second kappa shape index (κ2) is 5.88. The predicted octanol–water partition coefficient (Wildman–Crippen LogP) is 1.52. The topological polar surface area (TPSA) is 104 Å². The lowest BCUT2D eigenvalue weighted by molar-refractivity contribution is -0.140. The maximum atomic E-state index is 11.9. The van der Waals surface area contributed by atoms with Crippen molar-refractivity contribution in [3.63, 3.8) is 0 Å². The first-order chi connectivity index (χ1) is 9.92. The Balaban J connectivity index is 2.26. The fraction of sp³-hybridized carbons (Fsp3) is 0.154. The van der Waals surface area contributed by atoms with Crippen LogP contribution >= 0.6 is 11.8 Å². The van der Waals surface area contributed by atoms with Crippen molar-refractivity contribution in [3.05, 3.63) is 28.7 Å². The Morgan fingerprint density at radius 3 is 2.71 bits per heavy atom. The molecule has 1 saturated heterocycles. The van der Waals surface area contributed by atoms with Gasteiger partial charge in [-0.2, -0.15) is 0 Å². The standard InChI is InChI=1S/C13H11NO6S/c1-20-9-3-2-7(4-8(9)15)5-10-12(18)14(6-11(16)17)13(19)21-10/h2-5,15H,6H2,1H3,(H,16,17)/b10-5-. The molecule has 2 N–H and O–H groups in total. The summed E-state index contributed by atoms with van der Waals surface area (Å²) < 4.78 is 4.90. The summed E-state index contributed by atoms with van der Waals surface area (Å²) in [5, 5.41) is 17.7. The number of nitrogens with zero attached hydrogens (tertiary/aromatic N) is 1. The van der Waals surface area contributed by atoms with Crippen LogP contribution < -0.4 is 4.74 Å². The van der Waals surface area contributed by atoms with Crippen LogP contribution in [-0.4, -0.2) is 45.9 Å². The van der Waals surface area contributed by atoms with Crippen molar-refractivity contribution in [2.75, 3.05) is 13.7 Å². The molecule has 0 unspecified atom stereocenters. The minimum Gasteiger partial charge on any atom is -0.504 e. The van der Waals surface area contributed by atoms with Crippen molar-refractivity contribution in [2.45, 2.75) is 0 Å². The summed E-state index contributed by atoms with van der Waals surface area (Å²) in [7, 11) is 1.41. The van der Waals surface area contributed by atoms with Crippen LogP contribution in [0.4, 0.5) is 4.79 Å². The lowest BCUT2D eigenvalue weighted by atomic mass is 10.2. The Kier molecular flexibility index (Phi) is 4.18. The van der Waals surface area contributed by atoms with Crippen molar-refractivity contribution >= 4 is 35.0 Å². The first kappa shape index (κ1) is 14.9. The van der Waals surface area contributed by atoms with Gasteiger partial charge in [-0.25, -0.2) is 0 Å². The van der Waals surface area contributed by atoms with Crippen LogP contribution in [0.2, 0.25) is 0 Å². The summed E-state index contributed by atoms with van der Waals surface area (Å²) >= 11 is 0.657. The number of carbonyl (C=O) groups excluding carboxylic acids is 2. The number of hydrogen-bond donors (Lipinski definition) is 2. The van der Waals surface area contributed by atoms with Crippen LogP contribution in [0.1, 0.15) is 5.56 Å². The van der Waals surface area contributed by atoms with Gasteiger partial charge in [0, 0.05) is 0 Å². The number of amides is 2. The van der Waals surface area contributed by atoms with Gasteiger partial charge in [-0.15, -0.1) is 0 Å².